The van der Waals surface area contributed by atoms with Crippen LogP contribution in [0.2, 0.25) is 0 Å². The Morgan fingerprint density at radius 1 is 1.27 bits per heavy atom. The van der Waals surface area contributed by atoms with E-state index in [1.54, 1.807) is 12.5 Å². The first-order valence-corrected chi connectivity index (χ1v) is 8.80. The number of aliphatic hydroxyl groups is 2. The second kappa shape index (κ2) is 8.29. The molecule has 2 atom stereocenters. The summed E-state index contributed by atoms with van der Waals surface area (Å²) in [7, 11) is 3.88. The first kappa shape index (κ1) is 18.3. The van der Waals surface area contributed by atoms with Gasteiger partial charge in [0.25, 0.3) is 0 Å². The van der Waals surface area contributed by atoms with Crippen molar-refractivity contribution < 1.29 is 10.2 Å². The molecule has 3 N–H and O–H groups in total. The molecule has 0 aliphatic carbocycles. The van der Waals surface area contributed by atoms with Gasteiger partial charge in [-0.15, -0.1) is 0 Å². The van der Waals surface area contributed by atoms with Crippen LogP contribution in [0, 0.1) is 0 Å². The molecule has 0 unspecified atom stereocenters. The average molecular weight is 358 g/mol. The number of nitrogens with one attached hydrogen (secondary N) is 1. The second-order valence-corrected chi connectivity index (χ2v) is 6.73. The number of rotatable bonds is 7. The molecule has 1 saturated heterocycles. The van der Waals surface area contributed by atoms with E-state index < -0.39 is 0 Å². The van der Waals surface area contributed by atoms with Crippen LogP contribution in [-0.4, -0.2) is 71.1 Å². The SMILES string of the molecule is CN(C)c1cc(N2C[C@H](O)C[C@@H]2CNc2ccc(CCO)cn2)ncn1. The van der Waals surface area contributed by atoms with E-state index in [0.29, 0.717) is 25.9 Å². The van der Waals surface area contributed by atoms with E-state index in [2.05, 4.69) is 25.2 Å². The molecule has 0 amide bonds. The third-order valence-electron chi connectivity index (χ3n) is 4.53. The van der Waals surface area contributed by atoms with Crippen LogP contribution in [0.3, 0.4) is 0 Å². The van der Waals surface area contributed by atoms with E-state index in [0.717, 1.165) is 23.0 Å². The van der Waals surface area contributed by atoms with Crippen molar-refractivity contribution in [1.29, 1.82) is 0 Å². The van der Waals surface area contributed by atoms with Gasteiger partial charge in [0.05, 0.1) is 12.1 Å². The van der Waals surface area contributed by atoms with Gasteiger partial charge >= 0.3 is 0 Å². The van der Waals surface area contributed by atoms with Crippen LogP contribution in [0.5, 0.6) is 0 Å². The van der Waals surface area contributed by atoms with Crippen molar-refractivity contribution in [3.8, 4) is 0 Å². The monoisotopic (exact) mass is 358 g/mol. The fraction of sp³-hybridized carbons (Fsp3) is 0.500. The molecule has 2 aromatic heterocycles. The van der Waals surface area contributed by atoms with Crippen molar-refractivity contribution in [2.24, 2.45) is 0 Å². The normalized spacial score (nSPS) is 19.6. The van der Waals surface area contributed by atoms with Crippen molar-refractivity contribution in [2.45, 2.75) is 25.0 Å². The zero-order chi connectivity index (χ0) is 18.5. The van der Waals surface area contributed by atoms with Gasteiger partial charge in [0, 0.05) is 46.1 Å². The Morgan fingerprint density at radius 3 is 2.81 bits per heavy atom. The number of pyridine rings is 1. The van der Waals surface area contributed by atoms with Crippen molar-refractivity contribution in [3.63, 3.8) is 0 Å². The molecule has 1 aliphatic heterocycles. The maximum absolute atomic E-state index is 10.1. The summed E-state index contributed by atoms with van der Waals surface area (Å²) in [6.07, 6.45) is 4.24. The summed E-state index contributed by atoms with van der Waals surface area (Å²) in [6.45, 7) is 1.33. The molecule has 0 spiro atoms. The summed E-state index contributed by atoms with van der Waals surface area (Å²) >= 11 is 0. The minimum absolute atomic E-state index is 0.119. The number of β-amino-alcohol motifs (C(OH)–C–C–N with tert-alkyl or cyclic N) is 1. The zero-order valence-corrected chi connectivity index (χ0v) is 15.2. The standard InChI is InChI=1S/C18H26N6O2/c1-23(2)17-8-18(22-12-21-17)24-11-15(26)7-14(24)10-20-16-4-3-13(5-6-25)9-19-16/h3-4,8-9,12,14-15,25-26H,5-7,10-11H2,1-2H3,(H,19,20)/t14-,15-/m1/s1. The Hall–Kier alpha value is -2.45. The van der Waals surface area contributed by atoms with Crippen LogP contribution >= 0.6 is 0 Å². The predicted molar refractivity (Wildman–Crippen MR) is 102 cm³/mol. The molecule has 1 fully saturated rings. The number of anilines is 3. The molecule has 3 rings (SSSR count). The largest absolute Gasteiger partial charge is 0.396 e. The highest BCUT2D eigenvalue weighted by molar-refractivity contribution is 5.51. The van der Waals surface area contributed by atoms with E-state index in [-0.39, 0.29) is 18.8 Å². The zero-order valence-electron chi connectivity index (χ0n) is 15.2. The minimum Gasteiger partial charge on any atom is -0.396 e. The minimum atomic E-state index is -0.375. The first-order valence-electron chi connectivity index (χ1n) is 8.80. The van der Waals surface area contributed by atoms with Gasteiger partial charge in [0.15, 0.2) is 0 Å². The summed E-state index contributed by atoms with van der Waals surface area (Å²) in [4.78, 5) is 17.1. The molecule has 3 heterocycles. The highest BCUT2D eigenvalue weighted by Gasteiger charge is 2.32. The lowest BCUT2D eigenvalue weighted by molar-refractivity contribution is 0.194. The highest BCUT2D eigenvalue weighted by Crippen LogP contribution is 2.26. The first-order chi connectivity index (χ1) is 12.6. The third-order valence-corrected chi connectivity index (χ3v) is 4.53. The van der Waals surface area contributed by atoms with Gasteiger partial charge in [-0.2, -0.15) is 0 Å². The lowest BCUT2D eigenvalue weighted by Crippen LogP contribution is -2.36. The molecule has 0 aromatic carbocycles. The molecule has 1 aliphatic rings. The molecular weight excluding hydrogens is 332 g/mol. The van der Waals surface area contributed by atoms with Gasteiger partial charge in [-0.1, -0.05) is 6.07 Å². The maximum Gasteiger partial charge on any atom is 0.134 e. The van der Waals surface area contributed by atoms with Crippen LogP contribution in [0.1, 0.15) is 12.0 Å². The van der Waals surface area contributed by atoms with Crippen molar-refractivity contribution in [2.75, 3.05) is 48.9 Å². The smallest absolute Gasteiger partial charge is 0.134 e. The van der Waals surface area contributed by atoms with E-state index in [9.17, 15) is 5.11 Å². The molecule has 26 heavy (non-hydrogen) atoms. The van der Waals surface area contributed by atoms with Crippen LogP contribution in [0.4, 0.5) is 17.5 Å². The lowest BCUT2D eigenvalue weighted by atomic mass is 10.2. The van der Waals surface area contributed by atoms with Crippen molar-refractivity contribution in [1.82, 2.24) is 15.0 Å². The van der Waals surface area contributed by atoms with E-state index >= 15 is 0 Å². The summed E-state index contributed by atoms with van der Waals surface area (Å²) in [5, 5.41) is 22.4. The average Bonchev–Trinajstić information content (AvgIpc) is 3.02. The molecule has 2 aromatic rings. The summed E-state index contributed by atoms with van der Waals surface area (Å²) in [6, 6.07) is 5.93. The highest BCUT2D eigenvalue weighted by atomic mass is 16.3. The lowest BCUT2D eigenvalue weighted by Gasteiger charge is -2.26. The van der Waals surface area contributed by atoms with Crippen LogP contribution in [0.15, 0.2) is 30.7 Å². The molecule has 8 nitrogen and oxygen atoms in total. The molecule has 0 saturated carbocycles. The topological polar surface area (TPSA) is 97.6 Å². The van der Waals surface area contributed by atoms with E-state index in [1.165, 1.54) is 0 Å². The van der Waals surface area contributed by atoms with Gasteiger partial charge in [-0.05, 0) is 24.5 Å². The van der Waals surface area contributed by atoms with Gasteiger partial charge < -0.3 is 25.3 Å². The van der Waals surface area contributed by atoms with E-state index in [1.807, 2.05) is 37.2 Å². The molecule has 0 bridgehead atoms. The molecule has 8 heteroatoms. The number of nitrogens with zero attached hydrogens (tertiary/aromatic N) is 5. The second-order valence-electron chi connectivity index (χ2n) is 6.73. The fourth-order valence-corrected chi connectivity index (χ4v) is 3.13. The summed E-state index contributed by atoms with van der Waals surface area (Å²) in [5.74, 6) is 2.44. The quantitative estimate of drug-likeness (QED) is 0.659. The Labute approximate surface area is 153 Å². The molecular formula is C18H26N6O2. The van der Waals surface area contributed by atoms with Crippen molar-refractivity contribution >= 4 is 17.5 Å². The van der Waals surface area contributed by atoms with Crippen LogP contribution in [0.25, 0.3) is 0 Å². The molecule has 140 valence electrons. The summed E-state index contributed by atoms with van der Waals surface area (Å²) in [5.41, 5.74) is 1.01. The van der Waals surface area contributed by atoms with Gasteiger partial charge in [0.1, 0.15) is 23.8 Å². The predicted octanol–water partition coefficient (Wildman–Crippen LogP) is 0.524. The van der Waals surface area contributed by atoms with E-state index in [4.69, 9.17) is 5.11 Å². The van der Waals surface area contributed by atoms with Gasteiger partial charge in [0.2, 0.25) is 0 Å². The summed E-state index contributed by atoms with van der Waals surface area (Å²) < 4.78 is 0. The van der Waals surface area contributed by atoms with Crippen LogP contribution < -0.4 is 15.1 Å². The Bertz CT molecular complexity index is 709. The Kier molecular flexibility index (Phi) is 5.85. The van der Waals surface area contributed by atoms with Crippen molar-refractivity contribution in [3.05, 3.63) is 36.3 Å². The fourth-order valence-electron chi connectivity index (χ4n) is 3.13. The number of hydrogen-bond acceptors (Lipinski definition) is 8. The Morgan fingerprint density at radius 2 is 2.12 bits per heavy atom. The third kappa shape index (κ3) is 4.39. The number of hydrogen-bond donors (Lipinski definition) is 3. The maximum atomic E-state index is 10.1. The van der Waals surface area contributed by atoms with Crippen LogP contribution in [-0.2, 0) is 6.42 Å². The van der Waals surface area contributed by atoms with Gasteiger partial charge in [-0.25, -0.2) is 15.0 Å². The number of aliphatic hydroxyl groups excluding tert-OH is 2. The Balaban J connectivity index is 1.67. The number of aromatic nitrogens is 3. The molecule has 0 radical (unpaired) electrons. The van der Waals surface area contributed by atoms with Gasteiger partial charge in [-0.3, -0.25) is 0 Å².